The van der Waals surface area contributed by atoms with Gasteiger partial charge in [0.2, 0.25) is 0 Å². The van der Waals surface area contributed by atoms with Crippen molar-refractivity contribution in [1.29, 1.82) is 5.26 Å². The highest BCUT2D eigenvalue weighted by atomic mass is 16.6. The van der Waals surface area contributed by atoms with E-state index in [1.807, 2.05) is 38.1 Å². The van der Waals surface area contributed by atoms with E-state index in [1.165, 1.54) is 0 Å². The van der Waals surface area contributed by atoms with Crippen molar-refractivity contribution in [2.75, 3.05) is 18.5 Å². The predicted octanol–water partition coefficient (Wildman–Crippen LogP) is 2.22. The summed E-state index contributed by atoms with van der Waals surface area (Å²) in [6.07, 6.45) is -0.148. The van der Waals surface area contributed by atoms with Crippen molar-refractivity contribution < 1.29 is 9.47 Å². The summed E-state index contributed by atoms with van der Waals surface area (Å²) in [5.74, 6) is 1.96. The molecule has 112 valence electrons. The molecule has 1 N–H and O–H groups in total. The summed E-state index contributed by atoms with van der Waals surface area (Å²) in [5, 5.41) is 20.5. The fourth-order valence-electron chi connectivity index (χ4n) is 2.24. The number of benzene rings is 1. The summed E-state index contributed by atoms with van der Waals surface area (Å²) in [6.45, 7) is 4.64. The van der Waals surface area contributed by atoms with E-state index in [4.69, 9.17) is 9.47 Å². The Kier molecular flexibility index (Phi) is 3.79. The quantitative estimate of drug-likeness (QED) is 0.935. The molecule has 1 atom stereocenters. The van der Waals surface area contributed by atoms with Crippen LogP contribution in [0.3, 0.4) is 0 Å². The van der Waals surface area contributed by atoms with Crippen molar-refractivity contribution in [3.8, 4) is 17.6 Å². The summed E-state index contributed by atoms with van der Waals surface area (Å²) < 4.78 is 11.5. The number of ether oxygens (including phenoxy) is 2. The molecule has 0 aliphatic carbocycles. The van der Waals surface area contributed by atoms with Gasteiger partial charge in [-0.1, -0.05) is 12.1 Å². The molecule has 0 amide bonds. The van der Waals surface area contributed by atoms with Gasteiger partial charge in [0, 0.05) is 0 Å². The first-order valence-corrected chi connectivity index (χ1v) is 7.05. The zero-order valence-electron chi connectivity index (χ0n) is 12.5. The number of anilines is 1. The molecule has 6 nitrogen and oxygen atoms in total. The lowest BCUT2D eigenvalue weighted by Crippen LogP contribution is -2.35. The van der Waals surface area contributed by atoms with Crippen molar-refractivity contribution in [2.45, 2.75) is 20.0 Å². The van der Waals surface area contributed by atoms with Gasteiger partial charge >= 0.3 is 0 Å². The zero-order chi connectivity index (χ0) is 15.5. The average molecular weight is 296 g/mol. The lowest BCUT2D eigenvalue weighted by atomic mass is 10.1. The number of nitriles is 1. The molecule has 2 aromatic rings. The van der Waals surface area contributed by atoms with Gasteiger partial charge in [-0.25, -0.2) is 0 Å². The fraction of sp³-hybridized carbons (Fsp3) is 0.312. The van der Waals surface area contributed by atoms with Crippen LogP contribution in [0.4, 0.5) is 5.82 Å². The molecule has 1 aliphatic rings. The zero-order valence-corrected chi connectivity index (χ0v) is 12.5. The SMILES string of the molecule is Cc1nnc(NC[C@H]2COc3ccccc3O2)c(C#N)c1C. The minimum absolute atomic E-state index is 0.148. The first-order chi connectivity index (χ1) is 10.7. The minimum Gasteiger partial charge on any atom is -0.486 e. The van der Waals surface area contributed by atoms with Crippen molar-refractivity contribution in [3.05, 3.63) is 41.1 Å². The highest BCUT2D eigenvalue weighted by Gasteiger charge is 2.21. The van der Waals surface area contributed by atoms with E-state index in [9.17, 15) is 5.26 Å². The average Bonchev–Trinajstić information content (AvgIpc) is 2.55. The van der Waals surface area contributed by atoms with Gasteiger partial charge in [0.05, 0.1) is 12.2 Å². The standard InChI is InChI=1S/C16H16N4O2/c1-10-11(2)19-20-16(13(10)7-17)18-8-12-9-21-14-5-3-4-6-15(14)22-12/h3-6,12H,8-9H2,1-2H3,(H,18,20)/t12-/m0/s1. The van der Waals surface area contributed by atoms with Crippen LogP contribution < -0.4 is 14.8 Å². The molecule has 0 radical (unpaired) electrons. The Morgan fingerprint density at radius 2 is 2.05 bits per heavy atom. The molecule has 1 aliphatic heterocycles. The number of para-hydroxylation sites is 2. The molecule has 1 aromatic carbocycles. The Morgan fingerprint density at radius 3 is 2.82 bits per heavy atom. The number of aryl methyl sites for hydroxylation is 1. The second-order valence-corrected chi connectivity index (χ2v) is 5.12. The summed E-state index contributed by atoms with van der Waals surface area (Å²) >= 11 is 0. The number of fused-ring (bicyclic) bond motifs is 1. The van der Waals surface area contributed by atoms with Gasteiger partial charge in [-0.2, -0.15) is 10.4 Å². The minimum atomic E-state index is -0.148. The van der Waals surface area contributed by atoms with Crippen LogP contribution in [-0.4, -0.2) is 29.5 Å². The molecule has 6 heteroatoms. The van der Waals surface area contributed by atoms with Crippen LogP contribution in [0.5, 0.6) is 11.5 Å². The topological polar surface area (TPSA) is 80.1 Å². The predicted molar refractivity (Wildman–Crippen MR) is 81.1 cm³/mol. The number of hydrogen-bond acceptors (Lipinski definition) is 6. The van der Waals surface area contributed by atoms with Gasteiger partial charge in [0.25, 0.3) is 0 Å². The van der Waals surface area contributed by atoms with E-state index < -0.39 is 0 Å². The van der Waals surface area contributed by atoms with Crippen molar-refractivity contribution in [2.24, 2.45) is 0 Å². The lowest BCUT2D eigenvalue weighted by molar-refractivity contribution is 0.0997. The second kappa shape index (κ2) is 5.90. The van der Waals surface area contributed by atoms with Gasteiger partial charge in [0.15, 0.2) is 17.3 Å². The summed E-state index contributed by atoms with van der Waals surface area (Å²) in [7, 11) is 0. The molecule has 1 aromatic heterocycles. The largest absolute Gasteiger partial charge is 0.486 e. The molecule has 2 heterocycles. The van der Waals surface area contributed by atoms with Crippen molar-refractivity contribution in [3.63, 3.8) is 0 Å². The molecule has 22 heavy (non-hydrogen) atoms. The van der Waals surface area contributed by atoms with Crippen LogP contribution in [0.2, 0.25) is 0 Å². The number of aromatic nitrogens is 2. The maximum Gasteiger partial charge on any atom is 0.167 e. The molecule has 3 rings (SSSR count). The second-order valence-electron chi connectivity index (χ2n) is 5.12. The molecular weight excluding hydrogens is 280 g/mol. The Labute approximate surface area is 128 Å². The molecule has 0 saturated carbocycles. The maximum atomic E-state index is 9.28. The van der Waals surface area contributed by atoms with Gasteiger partial charge in [0.1, 0.15) is 24.3 Å². The molecule has 0 saturated heterocycles. The van der Waals surface area contributed by atoms with E-state index in [2.05, 4.69) is 21.6 Å². The smallest absolute Gasteiger partial charge is 0.167 e. The Bertz CT molecular complexity index is 739. The maximum absolute atomic E-state index is 9.28. The van der Waals surface area contributed by atoms with E-state index >= 15 is 0 Å². The highest BCUT2D eigenvalue weighted by Crippen LogP contribution is 2.30. The monoisotopic (exact) mass is 296 g/mol. The van der Waals surface area contributed by atoms with Gasteiger partial charge < -0.3 is 14.8 Å². The first kappa shape index (κ1) is 14.1. The molecule has 0 spiro atoms. The normalized spacial score (nSPS) is 16.0. The van der Waals surface area contributed by atoms with Crippen molar-refractivity contribution >= 4 is 5.82 Å². The van der Waals surface area contributed by atoms with E-state index in [-0.39, 0.29) is 6.10 Å². The summed E-state index contributed by atoms with van der Waals surface area (Å²) in [4.78, 5) is 0. The van der Waals surface area contributed by atoms with Crippen LogP contribution in [-0.2, 0) is 0 Å². The van der Waals surface area contributed by atoms with Crippen LogP contribution in [0.15, 0.2) is 24.3 Å². The van der Waals surface area contributed by atoms with E-state index in [0.717, 1.165) is 22.8 Å². The van der Waals surface area contributed by atoms with Gasteiger partial charge in [-0.05, 0) is 31.5 Å². The van der Waals surface area contributed by atoms with Crippen molar-refractivity contribution in [1.82, 2.24) is 10.2 Å². The van der Waals surface area contributed by atoms with E-state index in [1.54, 1.807) is 0 Å². The highest BCUT2D eigenvalue weighted by molar-refractivity contribution is 5.55. The number of nitrogens with one attached hydrogen (secondary N) is 1. The fourth-order valence-corrected chi connectivity index (χ4v) is 2.24. The Balaban J connectivity index is 1.70. The molecule has 0 unspecified atom stereocenters. The van der Waals surface area contributed by atoms with Gasteiger partial charge in [-0.15, -0.1) is 5.10 Å². The number of hydrogen-bond donors (Lipinski definition) is 1. The molecule has 0 bridgehead atoms. The van der Waals surface area contributed by atoms with Crippen LogP contribution in [0.1, 0.15) is 16.8 Å². The van der Waals surface area contributed by atoms with E-state index in [0.29, 0.717) is 24.5 Å². The van der Waals surface area contributed by atoms with Crippen LogP contribution >= 0.6 is 0 Å². The third-order valence-corrected chi connectivity index (χ3v) is 3.63. The lowest BCUT2D eigenvalue weighted by Gasteiger charge is -2.26. The first-order valence-electron chi connectivity index (χ1n) is 7.05. The van der Waals surface area contributed by atoms with Crippen LogP contribution in [0, 0.1) is 25.2 Å². The Hall–Kier alpha value is -2.81. The molecular formula is C16H16N4O2. The van der Waals surface area contributed by atoms with Crippen LogP contribution in [0.25, 0.3) is 0 Å². The number of rotatable bonds is 3. The molecule has 0 fully saturated rings. The third-order valence-electron chi connectivity index (χ3n) is 3.63. The summed E-state index contributed by atoms with van der Waals surface area (Å²) in [6, 6.07) is 9.73. The van der Waals surface area contributed by atoms with Gasteiger partial charge in [-0.3, -0.25) is 0 Å². The number of nitrogens with zero attached hydrogens (tertiary/aromatic N) is 3. The summed E-state index contributed by atoms with van der Waals surface area (Å²) in [5.41, 5.74) is 2.11. The third kappa shape index (κ3) is 2.66. The Morgan fingerprint density at radius 1 is 1.27 bits per heavy atom.